The van der Waals surface area contributed by atoms with E-state index in [0.717, 1.165) is 16.4 Å². The lowest BCUT2D eigenvalue weighted by Gasteiger charge is -2.28. The summed E-state index contributed by atoms with van der Waals surface area (Å²) in [6, 6.07) is 10.9. The largest absolute Gasteiger partial charge is 0.396 e. The molecular formula is C25H29ClN4O6S. The summed E-state index contributed by atoms with van der Waals surface area (Å²) in [5.74, 6) is -1.14. The molecule has 3 aromatic rings. The highest BCUT2D eigenvalue weighted by Gasteiger charge is 2.24. The highest BCUT2D eigenvalue weighted by Crippen LogP contribution is 2.18. The van der Waals surface area contributed by atoms with E-state index < -0.39 is 39.2 Å². The van der Waals surface area contributed by atoms with Gasteiger partial charge in [-0.3, -0.25) is 19.0 Å². The number of aliphatic hydroxyl groups excluding tert-OH is 1. The van der Waals surface area contributed by atoms with Crippen molar-refractivity contribution in [2.45, 2.75) is 32.0 Å². The number of amides is 2. The Morgan fingerprint density at radius 2 is 1.81 bits per heavy atom. The molecular weight excluding hydrogens is 520 g/mol. The first-order chi connectivity index (χ1) is 17.2. The minimum Gasteiger partial charge on any atom is -0.396 e. The number of fused-ring (bicyclic) bond motifs is 1. The smallest absolute Gasteiger partial charge is 0.265 e. The Kier molecular flexibility index (Phi) is 8.41. The van der Waals surface area contributed by atoms with E-state index in [0.29, 0.717) is 10.4 Å². The SMILES string of the molecule is CN(CC(C)(C)CO)C(=O)Cn1c(=O)c(C(=O)NCc2ccc(Cl)cc2)cc2ccc(S(C)(=O)=O)nc21. The van der Waals surface area contributed by atoms with Crippen molar-refractivity contribution in [1.82, 2.24) is 19.8 Å². The fourth-order valence-corrected chi connectivity index (χ4v) is 4.35. The van der Waals surface area contributed by atoms with Crippen molar-refractivity contribution >= 4 is 44.3 Å². The molecule has 0 spiro atoms. The third-order valence-electron chi connectivity index (χ3n) is 5.71. The molecule has 0 radical (unpaired) electrons. The number of nitrogens with zero attached hydrogens (tertiary/aromatic N) is 3. The van der Waals surface area contributed by atoms with E-state index in [1.807, 2.05) is 0 Å². The molecule has 37 heavy (non-hydrogen) atoms. The monoisotopic (exact) mass is 548 g/mol. The molecule has 0 saturated carbocycles. The molecule has 0 aliphatic carbocycles. The predicted molar refractivity (Wildman–Crippen MR) is 140 cm³/mol. The van der Waals surface area contributed by atoms with Gasteiger partial charge in [0.2, 0.25) is 5.91 Å². The number of hydrogen-bond acceptors (Lipinski definition) is 7. The molecule has 1 aromatic carbocycles. The van der Waals surface area contributed by atoms with Crippen LogP contribution in [-0.4, -0.2) is 66.2 Å². The number of nitrogens with one attached hydrogen (secondary N) is 1. The molecule has 2 amide bonds. The number of rotatable bonds is 9. The van der Waals surface area contributed by atoms with Crippen molar-refractivity contribution in [2.24, 2.45) is 5.41 Å². The van der Waals surface area contributed by atoms with Gasteiger partial charge in [0.05, 0.1) is 0 Å². The van der Waals surface area contributed by atoms with Gasteiger partial charge in [-0.15, -0.1) is 0 Å². The van der Waals surface area contributed by atoms with Crippen LogP contribution < -0.4 is 10.9 Å². The fourth-order valence-electron chi connectivity index (χ4n) is 3.66. The number of aromatic nitrogens is 2. The molecule has 198 valence electrons. The molecule has 0 atom stereocenters. The Hall–Kier alpha value is -3.28. The molecule has 12 heteroatoms. The average Bonchev–Trinajstić information content (AvgIpc) is 2.83. The van der Waals surface area contributed by atoms with Gasteiger partial charge in [0, 0.05) is 48.8 Å². The van der Waals surface area contributed by atoms with Crippen LogP contribution >= 0.6 is 11.6 Å². The summed E-state index contributed by atoms with van der Waals surface area (Å²) in [6.07, 6.45) is 0.984. The maximum absolute atomic E-state index is 13.4. The second-order valence-electron chi connectivity index (χ2n) is 9.67. The quantitative estimate of drug-likeness (QED) is 0.416. The maximum Gasteiger partial charge on any atom is 0.265 e. The van der Waals surface area contributed by atoms with Gasteiger partial charge in [0.15, 0.2) is 14.9 Å². The second kappa shape index (κ2) is 11.0. The molecule has 0 aliphatic rings. The number of likely N-dealkylation sites (N-methyl/N-ethyl adjacent to an activating group) is 1. The van der Waals surface area contributed by atoms with E-state index in [2.05, 4.69) is 10.3 Å². The van der Waals surface area contributed by atoms with E-state index in [-0.39, 0.29) is 35.9 Å². The van der Waals surface area contributed by atoms with Crippen molar-refractivity contribution in [3.05, 3.63) is 69.0 Å². The molecule has 0 fully saturated rings. The lowest BCUT2D eigenvalue weighted by molar-refractivity contribution is -0.132. The lowest BCUT2D eigenvalue weighted by atomic mass is 9.94. The van der Waals surface area contributed by atoms with Gasteiger partial charge in [-0.05, 0) is 35.9 Å². The van der Waals surface area contributed by atoms with Crippen LogP contribution in [0.1, 0.15) is 29.8 Å². The van der Waals surface area contributed by atoms with Gasteiger partial charge in [0.1, 0.15) is 17.8 Å². The zero-order chi connectivity index (χ0) is 27.5. The normalized spacial score (nSPS) is 11.9. The molecule has 3 rings (SSSR count). The standard InChI is InChI=1S/C25H29ClN4O6S/c1-25(2,15-31)14-29(3)21(32)13-30-22-17(7-10-20(28-22)37(4,35)36)11-19(24(30)34)23(33)27-12-16-5-8-18(26)9-6-16/h5-11,31H,12-15H2,1-4H3,(H,27,33). The summed E-state index contributed by atoms with van der Waals surface area (Å²) in [7, 11) is -2.17. The molecule has 0 aliphatic heterocycles. The summed E-state index contributed by atoms with van der Waals surface area (Å²) in [5, 5.41) is 12.8. The number of carbonyl (C=O) groups excluding carboxylic acids is 2. The zero-order valence-corrected chi connectivity index (χ0v) is 22.6. The minimum atomic E-state index is -3.70. The Bertz CT molecular complexity index is 1500. The molecule has 0 saturated heterocycles. The summed E-state index contributed by atoms with van der Waals surface area (Å²) < 4.78 is 25.2. The van der Waals surface area contributed by atoms with Gasteiger partial charge in [-0.2, -0.15) is 0 Å². The molecule has 10 nitrogen and oxygen atoms in total. The third-order valence-corrected chi connectivity index (χ3v) is 6.95. The number of aliphatic hydroxyl groups is 1. The molecule has 2 N–H and O–H groups in total. The average molecular weight is 549 g/mol. The van der Waals surface area contributed by atoms with Crippen LogP contribution in [0.2, 0.25) is 5.02 Å². The van der Waals surface area contributed by atoms with Gasteiger partial charge in [-0.25, -0.2) is 13.4 Å². The Balaban J connectivity index is 2.03. The maximum atomic E-state index is 13.4. The first kappa shape index (κ1) is 28.3. The predicted octanol–water partition coefficient (Wildman–Crippen LogP) is 1.86. The fraction of sp³-hybridized carbons (Fsp3) is 0.360. The Labute approximate surface area is 219 Å². The number of pyridine rings is 2. The first-order valence-electron chi connectivity index (χ1n) is 11.3. The third kappa shape index (κ3) is 6.94. The summed E-state index contributed by atoms with van der Waals surface area (Å²) in [5.41, 5.74) is -0.862. The van der Waals surface area contributed by atoms with Crippen LogP contribution in [0.25, 0.3) is 11.0 Å². The van der Waals surface area contributed by atoms with Gasteiger partial charge in [0.25, 0.3) is 11.5 Å². The molecule has 2 heterocycles. The lowest BCUT2D eigenvalue weighted by Crippen LogP contribution is -2.41. The van der Waals surface area contributed by atoms with E-state index in [9.17, 15) is 27.9 Å². The van der Waals surface area contributed by atoms with E-state index in [4.69, 9.17) is 11.6 Å². The number of carbonyl (C=O) groups is 2. The number of halogens is 1. The van der Waals surface area contributed by atoms with Crippen molar-refractivity contribution < 1.29 is 23.1 Å². The topological polar surface area (TPSA) is 139 Å². The van der Waals surface area contributed by atoms with Crippen LogP contribution in [-0.2, 0) is 27.7 Å². The Morgan fingerprint density at radius 1 is 1.16 bits per heavy atom. The zero-order valence-electron chi connectivity index (χ0n) is 21.0. The second-order valence-corrected chi connectivity index (χ2v) is 12.1. The molecule has 0 bridgehead atoms. The Morgan fingerprint density at radius 3 is 2.41 bits per heavy atom. The van der Waals surface area contributed by atoms with Crippen molar-refractivity contribution in [3.63, 3.8) is 0 Å². The van der Waals surface area contributed by atoms with E-state index >= 15 is 0 Å². The highest BCUT2D eigenvalue weighted by molar-refractivity contribution is 7.90. The van der Waals surface area contributed by atoms with Crippen LogP contribution in [0.3, 0.4) is 0 Å². The minimum absolute atomic E-state index is 0.0367. The van der Waals surface area contributed by atoms with Crippen LogP contribution in [0.15, 0.2) is 52.3 Å². The number of sulfone groups is 1. The first-order valence-corrected chi connectivity index (χ1v) is 13.6. The van der Waals surface area contributed by atoms with E-state index in [1.165, 1.54) is 30.1 Å². The summed E-state index contributed by atoms with van der Waals surface area (Å²) in [4.78, 5) is 44.9. The van der Waals surface area contributed by atoms with Crippen molar-refractivity contribution in [1.29, 1.82) is 0 Å². The molecule has 0 unspecified atom stereocenters. The number of benzene rings is 1. The summed E-state index contributed by atoms with van der Waals surface area (Å²) >= 11 is 5.89. The van der Waals surface area contributed by atoms with Crippen LogP contribution in [0.4, 0.5) is 0 Å². The van der Waals surface area contributed by atoms with E-state index in [1.54, 1.807) is 38.1 Å². The van der Waals surface area contributed by atoms with Crippen LogP contribution in [0.5, 0.6) is 0 Å². The molecule has 2 aromatic heterocycles. The highest BCUT2D eigenvalue weighted by atomic mass is 35.5. The van der Waals surface area contributed by atoms with Gasteiger partial charge in [-0.1, -0.05) is 37.6 Å². The number of hydrogen-bond donors (Lipinski definition) is 2. The summed E-state index contributed by atoms with van der Waals surface area (Å²) in [6.45, 7) is 3.27. The van der Waals surface area contributed by atoms with Crippen LogP contribution in [0, 0.1) is 5.41 Å². The van der Waals surface area contributed by atoms with Crippen molar-refractivity contribution in [2.75, 3.05) is 26.5 Å². The van der Waals surface area contributed by atoms with Gasteiger partial charge >= 0.3 is 0 Å². The van der Waals surface area contributed by atoms with Crippen molar-refractivity contribution in [3.8, 4) is 0 Å². The van der Waals surface area contributed by atoms with Gasteiger partial charge < -0.3 is 15.3 Å².